The Morgan fingerprint density at radius 2 is 0.839 bits per heavy atom. The molecule has 0 aliphatic heterocycles. The molecule has 0 saturated heterocycles. The Labute approximate surface area is 326 Å². The molecule has 4 heteroatoms. The molecule has 266 valence electrons. The van der Waals surface area contributed by atoms with Gasteiger partial charge in [-0.3, -0.25) is 0 Å². The molecule has 0 fully saturated rings. The maximum Gasteiger partial charge on any atom is 0.164 e. The van der Waals surface area contributed by atoms with E-state index in [4.69, 9.17) is 19.4 Å². The lowest BCUT2D eigenvalue weighted by Gasteiger charge is -2.12. The van der Waals surface area contributed by atoms with Gasteiger partial charge in [-0.2, -0.15) is 0 Å². The monoisotopic (exact) mass is 719 g/mol. The highest BCUT2D eigenvalue weighted by Crippen LogP contribution is 2.42. The maximum atomic E-state index is 6.54. The van der Waals surface area contributed by atoms with E-state index in [-0.39, 0.29) is 0 Å². The third kappa shape index (κ3) is 6.41. The summed E-state index contributed by atoms with van der Waals surface area (Å²) in [6, 6.07) is 59.5. The predicted octanol–water partition coefficient (Wildman–Crippen LogP) is 13.9. The van der Waals surface area contributed by atoms with Crippen LogP contribution in [0.4, 0.5) is 0 Å². The van der Waals surface area contributed by atoms with E-state index in [0.717, 1.165) is 80.2 Å². The molecule has 0 N–H and O–H groups in total. The fourth-order valence-electron chi connectivity index (χ4n) is 7.79. The van der Waals surface area contributed by atoms with Crippen molar-refractivity contribution in [2.75, 3.05) is 0 Å². The van der Waals surface area contributed by atoms with Gasteiger partial charge in [-0.05, 0) is 81.5 Å². The largest absolute Gasteiger partial charge is 0.456 e. The van der Waals surface area contributed by atoms with Crippen LogP contribution in [0.5, 0.6) is 0 Å². The van der Waals surface area contributed by atoms with Crippen LogP contribution in [0.3, 0.4) is 0 Å². The molecule has 2 aromatic heterocycles. The second kappa shape index (κ2) is 14.6. The van der Waals surface area contributed by atoms with Crippen LogP contribution in [0.15, 0.2) is 193 Å². The lowest BCUT2D eigenvalue weighted by Crippen LogP contribution is -2.03. The quantitative estimate of drug-likeness (QED) is 0.165. The summed E-state index contributed by atoms with van der Waals surface area (Å²) < 4.78 is 6.54. The lowest BCUT2D eigenvalue weighted by molar-refractivity contribution is 0.669. The summed E-state index contributed by atoms with van der Waals surface area (Å²) in [4.78, 5) is 15.5. The fourth-order valence-corrected chi connectivity index (χ4v) is 7.79. The number of benzene rings is 7. The number of hydrogen-bond acceptors (Lipinski definition) is 4. The number of allylic oxidation sites excluding steroid dienone is 4. The molecule has 0 atom stereocenters. The summed E-state index contributed by atoms with van der Waals surface area (Å²) in [5, 5.41) is 2.05. The van der Waals surface area contributed by atoms with Gasteiger partial charge < -0.3 is 4.42 Å². The van der Waals surface area contributed by atoms with Crippen LogP contribution in [0.25, 0.3) is 94.8 Å². The second-order valence-electron chi connectivity index (χ2n) is 14.2. The van der Waals surface area contributed by atoms with Crippen LogP contribution < -0.4 is 0 Å². The topological polar surface area (TPSA) is 51.8 Å². The zero-order valence-electron chi connectivity index (χ0n) is 30.8. The SMILES string of the molecule is C1=CCCCC(c2nc(-c3ccc(-c4ccc(-c5ccccc5)cc4)cc3)nc(-c3cccc4oc5cccc(-c6ccc(-c7ccccc7)cc6)c5c34)n2)=C1. The van der Waals surface area contributed by atoms with Crippen LogP contribution in [-0.4, -0.2) is 15.0 Å². The van der Waals surface area contributed by atoms with Crippen LogP contribution in [0.1, 0.15) is 25.1 Å². The van der Waals surface area contributed by atoms with Crippen LogP contribution in [-0.2, 0) is 0 Å². The molecule has 2 heterocycles. The van der Waals surface area contributed by atoms with E-state index in [0.29, 0.717) is 17.5 Å². The standard InChI is InChI=1S/C52H37N3O/c1-2-6-18-42(17-5-1)50-53-51(43-33-29-40(30-34-43)39-25-23-37(24-26-39)35-13-7-3-8-14-35)55-52(54-50)45-20-12-22-47-49(45)48-44(19-11-21-46(48)56-47)41-31-27-38(28-32-41)36-15-9-4-10-16-36/h1,3-5,7-17,19-34H,2,6,18H2. The molecular formula is C52H37N3O. The third-order valence-electron chi connectivity index (χ3n) is 10.7. The number of rotatable bonds is 7. The predicted molar refractivity (Wildman–Crippen MR) is 231 cm³/mol. The molecule has 10 rings (SSSR count). The first-order valence-corrected chi connectivity index (χ1v) is 19.2. The average molecular weight is 720 g/mol. The van der Waals surface area contributed by atoms with Crippen molar-refractivity contribution >= 4 is 27.5 Å². The zero-order chi connectivity index (χ0) is 37.3. The number of aromatic nitrogens is 3. The van der Waals surface area contributed by atoms with E-state index in [1.165, 1.54) is 22.3 Å². The van der Waals surface area contributed by atoms with E-state index in [9.17, 15) is 0 Å². The van der Waals surface area contributed by atoms with Crippen molar-refractivity contribution in [3.63, 3.8) is 0 Å². The first-order chi connectivity index (χ1) is 27.7. The highest BCUT2D eigenvalue weighted by molar-refractivity contribution is 6.17. The van der Waals surface area contributed by atoms with E-state index < -0.39 is 0 Å². The van der Waals surface area contributed by atoms with Crippen molar-refractivity contribution in [2.45, 2.75) is 19.3 Å². The number of hydrogen-bond donors (Lipinski definition) is 0. The minimum Gasteiger partial charge on any atom is -0.456 e. The van der Waals surface area contributed by atoms with Gasteiger partial charge in [-0.25, -0.2) is 15.0 Å². The first-order valence-electron chi connectivity index (χ1n) is 19.2. The smallest absolute Gasteiger partial charge is 0.164 e. The van der Waals surface area contributed by atoms with Crippen molar-refractivity contribution in [3.05, 3.63) is 194 Å². The van der Waals surface area contributed by atoms with Crippen molar-refractivity contribution in [1.29, 1.82) is 0 Å². The Morgan fingerprint density at radius 1 is 0.375 bits per heavy atom. The van der Waals surface area contributed by atoms with Gasteiger partial charge in [-0.15, -0.1) is 0 Å². The van der Waals surface area contributed by atoms with Crippen molar-refractivity contribution in [2.24, 2.45) is 0 Å². The molecular weight excluding hydrogens is 683 g/mol. The first kappa shape index (κ1) is 33.4. The molecule has 0 bridgehead atoms. The molecule has 1 aliphatic rings. The van der Waals surface area contributed by atoms with Crippen LogP contribution in [0.2, 0.25) is 0 Å². The Balaban J connectivity index is 1.08. The zero-order valence-corrected chi connectivity index (χ0v) is 30.8. The average Bonchev–Trinajstić information content (AvgIpc) is 3.45. The summed E-state index contributed by atoms with van der Waals surface area (Å²) >= 11 is 0. The maximum absolute atomic E-state index is 6.54. The molecule has 0 amide bonds. The van der Waals surface area contributed by atoms with E-state index >= 15 is 0 Å². The van der Waals surface area contributed by atoms with Gasteiger partial charge in [0.05, 0.1) is 0 Å². The molecule has 1 aliphatic carbocycles. The van der Waals surface area contributed by atoms with E-state index in [2.05, 4.69) is 158 Å². The Kier molecular flexibility index (Phi) is 8.69. The molecule has 0 saturated carbocycles. The Bertz CT molecular complexity index is 2890. The summed E-state index contributed by atoms with van der Waals surface area (Å²) in [6.07, 6.45) is 9.48. The number of furan rings is 1. The second-order valence-corrected chi connectivity index (χ2v) is 14.2. The van der Waals surface area contributed by atoms with Gasteiger partial charge in [-0.1, -0.05) is 176 Å². The van der Waals surface area contributed by atoms with E-state index in [1.807, 2.05) is 30.3 Å². The molecule has 9 aromatic rings. The summed E-state index contributed by atoms with van der Waals surface area (Å²) in [6.45, 7) is 0. The summed E-state index contributed by atoms with van der Waals surface area (Å²) in [7, 11) is 0. The van der Waals surface area contributed by atoms with Crippen molar-refractivity contribution in [1.82, 2.24) is 15.0 Å². The molecule has 0 unspecified atom stereocenters. The molecule has 7 aromatic carbocycles. The minimum absolute atomic E-state index is 0.627. The minimum atomic E-state index is 0.627. The van der Waals surface area contributed by atoms with Gasteiger partial charge in [0.1, 0.15) is 11.2 Å². The normalized spacial score (nSPS) is 12.8. The van der Waals surface area contributed by atoms with Gasteiger partial charge in [0.2, 0.25) is 0 Å². The molecule has 0 spiro atoms. The highest BCUT2D eigenvalue weighted by Gasteiger charge is 2.21. The van der Waals surface area contributed by atoms with Gasteiger partial charge in [0, 0.05) is 21.9 Å². The number of nitrogens with zero attached hydrogens (tertiary/aromatic N) is 3. The van der Waals surface area contributed by atoms with Gasteiger partial charge in [0.25, 0.3) is 0 Å². The Morgan fingerprint density at radius 3 is 1.43 bits per heavy atom. The number of fused-ring (bicyclic) bond motifs is 3. The summed E-state index contributed by atoms with van der Waals surface area (Å²) in [5.74, 6) is 1.98. The third-order valence-corrected chi connectivity index (χ3v) is 10.7. The molecule has 0 radical (unpaired) electrons. The lowest BCUT2D eigenvalue weighted by atomic mass is 9.95. The van der Waals surface area contributed by atoms with Crippen LogP contribution in [0, 0.1) is 0 Å². The van der Waals surface area contributed by atoms with Gasteiger partial charge >= 0.3 is 0 Å². The molecule has 56 heavy (non-hydrogen) atoms. The van der Waals surface area contributed by atoms with Crippen molar-refractivity contribution in [3.8, 4) is 67.3 Å². The Hall–Kier alpha value is -7.17. The fraction of sp³-hybridized carbons (Fsp3) is 0.0577. The highest BCUT2D eigenvalue weighted by atomic mass is 16.3. The summed E-state index contributed by atoms with van der Waals surface area (Å²) in [5.41, 5.74) is 13.9. The van der Waals surface area contributed by atoms with Crippen LogP contribution >= 0.6 is 0 Å². The molecule has 4 nitrogen and oxygen atoms in total. The van der Waals surface area contributed by atoms with Gasteiger partial charge in [0.15, 0.2) is 17.5 Å². The van der Waals surface area contributed by atoms with Crippen molar-refractivity contribution < 1.29 is 4.42 Å². The van der Waals surface area contributed by atoms with E-state index in [1.54, 1.807) is 0 Å².